The molecule has 0 aliphatic carbocycles. The number of nitrogens with zero attached hydrogens (tertiary/aromatic N) is 4. The Labute approximate surface area is 119 Å². The zero-order valence-electron chi connectivity index (χ0n) is 10.7. The van der Waals surface area contributed by atoms with Crippen molar-refractivity contribution < 1.29 is 9.26 Å². The van der Waals surface area contributed by atoms with E-state index in [1.165, 1.54) is 0 Å². The van der Waals surface area contributed by atoms with Gasteiger partial charge >= 0.3 is 6.01 Å². The molecule has 20 heavy (non-hydrogen) atoms. The molecule has 0 fully saturated rings. The van der Waals surface area contributed by atoms with Crippen molar-refractivity contribution in [3.8, 4) is 17.3 Å². The molecule has 0 saturated heterocycles. The van der Waals surface area contributed by atoms with Crippen molar-refractivity contribution in [3.05, 3.63) is 47.4 Å². The summed E-state index contributed by atoms with van der Waals surface area (Å²) in [5, 5.41) is 12.1. The van der Waals surface area contributed by atoms with Crippen LogP contribution in [0.1, 0.15) is 5.69 Å². The number of aromatic nitrogens is 4. The van der Waals surface area contributed by atoms with Gasteiger partial charge in [-0.25, -0.2) is 0 Å². The summed E-state index contributed by atoms with van der Waals surface area (Å²) < 4.78 is 12.4. The van der Waals surface area contributed by atoms with Crippen molar-refractivity contribution in [2.24, 2.45) is 7.05 Å². The Hall–Kier alpha value is -2.34. The van der Waals surface area contributed by atoms with Crippen molar-refractivity contribution in [2.45, 2.75) is 6.61 Å². The standard InChI is InChI=1S/C13H11ClN4O2/c1-18-8-15-16-13(18)19-7-11-6-12(20-17-11)9-3-2-4-10(14)5-9/h2-6,8H,7H2,1H3. The van der Waals surface area contributed by atoms with Gasteiger partial charge in [0.15, 0.2) is 5.76 Å². The summed E-state index contributed by atoms with van der Waals surface area (Å²) in [7, 11) is 1.80. The fourth-order valence-electron chi connectivity index (χ4n) is 1.70. The second-order valence-corrected chi connectivity index (χ2v) is 4.64. The van der Waals surface area contributed by atoms with Crippen LogP contribution in [0.5, 0.6) is 6.01 Å². The first-order valence-corrected chi connectivity index (χ1v) is 6.28. The fraction of sp³-hybridized carbons (Fsp3) is 0.154. The topological polar surface area (TPSA) is 66.0 Å². The highest BCUT2D eigenvalue weighted by atomic mass is 35.5. The lowest BCUT2D eigenvalue weighted by Gasteiger charge is -2.00. The third kappa shape index (κ3) is 2.65. The Kier molecular flexibility index (Phi) is 3.39. The van der Waals surface area contributed by atoms with Crippen LogP contribution in [-0.2, 0) is 13.7 Å². The summed E-state index contributed by atoms with van der Waals surface area (Å²) >= 11 is 5.94. The van der Waals surface area contributed by atoms with E-state index in [0.717, 1.165) is 5.56 Å². The van der Waals surface area contributed by atoms with Gasteiger partial charge in [-0.05, 0) is 12.1 Å². The fourth-order valence-corrected chi connectivity index (χ4v) is 1.89. The maximum atomic E-state index is 5.94. The van der Waals surface area contributed by atoms with Gasteiger partial charge < -0.3 is 9.26 Å². The molecule has 0 unspecified atom stereocenters. The lowest BCUT2D eigenvalue weighted by molar-refractivity contribution is 0.259. The number of hydrogen-bond donors (Lipinski definition) is 0. The van der Waals surface area contributed by atoms with E-state index in [9.17, 15) is 0 Å². The molecular formula is C13H11ClN4O2. The average Bonchev–Trinajstić information content (AvgIpc) is 3.05. The monoisotopic (exact) mass is 290 g/mol. The second kappa shape index (κ2) is 5.34. The first-order chi connectivity index (χ1) is 9.72. The quantitative estimate of drug-likeness (QED) is 0.739. The summed E-state index contributed by atoms with van der Waals surface area (Å²) in [6.07, 6.45) is 1.57. The molecule has 0 bridgehead atoms. The van der Waals surface area contributed by atoms with Crippen LogP contribution in [0.4, 0.5) is 0 Å². The normalized spacial score (nSPS) is 10.7. The molecule has 3 rings (SSSR count). The van der Waals surface area contributed by atoms with E-state index in [1.807, 2.05) is 24.3 Å². The number of aryl methyl sites for hydroxylation is 1. The van der Waals surface area contributed by atoms with Gasteiger partial charge in [0.25, 0.3) is 0 Å². The zero-order chi connectivity index (χ0) is 13.9. The van der Waals surface area contributed by atoms with Gasteiger partial charge in [-0.2, -0.15) is 0 Å². The predicted octanol–water partition coefficient (Wildman–Crippen LogP) is 2.70. The first-order valence-electron chi connectivity index (χ1n) is 5.91. The highest BCUT2D eigenvalue weighted by Gasteiger charge is 2.09. The van der Waals surface area contributed by atoms with E-state index >= 15 is 0 Å². The van der Waals surface area contributed by atoms with Crippen LogP contribution in [0.25, 0.3) is 11.3 Å². The molecule has 2 aromatic heterocycles. The van der Waals surface area contributed by atoms with Gasteiger partial charge in [0, 0.05) is 23.7 Å². The molecule has 1 aromatic carbocycles. The van der Waals surface area contributed by atoms with E-state index in [-0.39, 0.29) is 6.61 Å². The SMILES string of the molecule is Cn1cnnc1OCc1cc(-c2cccc(Cl)c2)on1. The van der Waals surface area contributed by atoms with Crippen molar-refractivity contribution in [1.29, 1.82) is 0 Å². The predicted molar refractivity (Wildman–Crippen MR) is 72.3 cm³/mol. The maximum absolute atomic E-state index is 5.94. The van der Waals surface area contributed by atoms with Gasteiger partial charge in [-0.3, -0.25) is 4.57 Å². The summed E-state index contributed by atoms with van der Waals surface area (Å²) in [6.45, 7) is 0.261. The molecule has 0 N–H and O–H groups in total. The number of benzene rings is 1. The molecule has 7 heteroatoms. The maximum Gasteiger partial charge on any atom is 0.316 e. The Morgan fingerprint density at radius 3 is 3.00 bits per heavy atom. The molecule has 2 heterocycles. The van der Waals surface area contributed by atoms with Crippen LogP contribution in [0.15, 0.2) is 41.2 Å². The molecule has 102 valence electrons. The van der Waals surface area contributed by atoms with Crippen LogP contribution in [0.3, 0.4) is 0 Å². The van der Waals surface area contributed by atoms with Gasteiger partial charge in [-0.1, -0.05) is 34.0 Å². The Morgan fingerprint density at radius 2 is 2.25 bits per heavy atom. The number of hydrogen-bond acceptors (Lipinski definition) is 5. The van der Waals surface area contributed by atoms with Crippen molar-refractivity contribution >= 4 is 11.6 Å². The van der Waals surface area contributed by atoms with Crippen LogP contribution >= 0.6 is 11.6 Å². The Morgan fingerprint density at radius 1 is 1.35 bits per heavy atom. The highest BCUT2D eigenvalue weighted by molar-refractivity contribution is 6.30. The van der Waals surface area contributed by atoms with Crippen LogP contribution in [-0.4, -0.2) is 19.9 Å². The number of ether oxygens (including phenoxy) is 1. The van der Waals surface area contributed by atoms with Crippen molar-refractivity contribution in [3.63, 3.8) is 0 Å². The molecular weight excluding hydrogens is 280 g/mol. The van der Waals surface area contributed by atoms with Gasteiger partial charge in [0.2, 0.25) is 0 Å². The molecule has 0 spiro atoms. The summed E-state index contributed by atoms with van der Waals surface area (Å²) in [4.78, 5) is 0. The lowest BCUT2D eigenvalue weighted by Crippen LogP contribution is -2.00. The number of rotatable bonds is 4. The lowest BCUT2D eigenvalue weighted by atomic mass is 10.2. The van der Waals surface area contributed by atoms with Crippen LogP contribution in [0, 0.1) is 0 Å². The zero-order valence-corrected chi connectivity index (χ0v) is 11.4. The minimum Gasteiger partial charge on any atom is -0.457 e. The Bertz CT molecular complexity index is 722. The van der Waals surface area contributed by atoms with Gasteiger partial charge in [0.1, 0.15) is 18.6 Å². The largest absolute Gasteiger partial charge is 0.457 e. The first kappa shape index (κ1) is 12.7. The van der Waals surface area contributed by atoms with Crippen LogP contribution in [0.2, 0.25) is 5.02 Å². The molecule has 0 saturated carbocycles. The summed E-state index contributed by atoms with van der Waals surface area (Å²) in [5.41, 5.74) is 1.54. The van der Waals surface area contributed by atoms with E-state index < -0.39 is 0 Å². The summed E-state index contributed by atoms with van der Waals surface area (Å²) in [5.74, 6) is 0.643. The molecule has 0 radical (unpaired) electrons. The van der Waals surface area contributed by atoms with Gasteiger partial charge in [0.05, 0.1) is 0 Å². The molecule has 0 aliphatic rings. The Balaban J connectivity index is 1.72. The second-order valence-electron chi connectivity index (χ2n) is 4.21. The molecule has 0 aliphatic heterocycles. The van der Waals surface area contributed by atoms with E-state index in [1.54, 1.807) is 24.0 Å². The summed E-state index contributed by atoms with van der Waals surface area (Å²) in [6, 6.07) is 9.62. The third-order valence-electron chi connectivity index (χ3n) is 2.69. The van der Waals surface area contributed by atoms with Crippen molar-refractivity contribution in [2.75, 3.05) is 0 Å². The van der Waals surface area contributed by atoms with Crippen LogP contribution < -0.4 is 4.74 Å². The van der Waals surface area contributed by atoms with E-state index in [2.05, 4.69) is 15.4 Å². The van der Waals surface area contributed by atoms with E-state index in [0.29, 0.717) is 22.5 Å². The molecule has 0 amide bonds. The molecule has 3 aromatic rings. The smallest absolute Gasteiger partial charge is 0.316 e. The molecule has 0 atom stereocenters. The number of halogens is 1. The minimum atomic E-state index is 0.261. The average molecular weight is 291 g/mol. The van der Waals surface area contributed by atoms with E-state index in [4.69, 9.17) is 20.9 Å². The van der Waals surface area contributed by atoms with Crippen molar-refractivity contribution in [1.82, 2.24) is 19.9 Å². The van der Waals surface area contributed by atoms with Gasteiger partial charge in [-0.15, -0.1) is 5.10 Å². The highest BCUT2D eigenvalue weighted by Crippen LogP contribution is 2.23. The minimum absolute atomic E-state index is 0.261. The molecule has 6 nitrogen and oxygen atoms in total. The third-order valence-corrected chi connectivity index (χ3v) is 2.92.